The summed E-state index contributed by atoms with van der Waals surface area (Å²) in [5, 5.41) is 3.11. The maximum Gasteiger partial charge on any atom is 0.240 e. The molecule has 0 radical (unpaired) electrons. The average Bonchev–Trinajstić information content (AvgIpc) is 2.41. The number of nitrogens with two attached hydrogens (primary N) is 1. The maximum atomic E-state index is 11.9. The SMILES string of the molecule is CC1(C)CCC(NC(=O)C2(N)CCC2)C1. The fourth-order valence-corrected chi connectivity index (χ4v) is 2.67. The van der Waals surface area contributed by atoms with Gasteiger partial charge in [-0.25, -0.2) is 0 Å². The van der Waals surface area contributed by atoms with Crippen molar-refractivity contribution in [2.24, 2.45) is 11.1 Å². The summed E-state index contributed by atoms with van der Waals surface area (Å²) >= 11 is 0. The van der Waals surface area contributed by atoms with E-state index in [9.17, 15) is 4.79 Å². The van der Waals surface area contributed by atoms with Crippen LogP contribution in [0.4, 0.5) is 0 Å². The highest BCUT2D eigenvalue weighted by atomic mass is 16.2. The van der Waals surface area contributed by atoms with Gasteiger partial charge < -0.3 is 11.1 Å². The van der Waals surface area contributed by atoms with E-state index in [1.54, 1.807) is 0 Å². The molecular weight excluding hydrogens is 188 g/mol. The molecule has 2 aliphatic carbocycles. The minimum Gasteiger partial charge on any atom is -0.352 e. The van der Waals surface area contributed by atoms with Gasteiger partial charge in [-0.05, 0) is 43.9 Å². The third kappa shape index (κ3) is 2.17. The molecule has 2 aliphatic rings. The van der Waals surface area contributed by atoms with E-state index < -0.39 is 5.54 Å². The zero-order valence-electron chi connectivity index (χ0n) is 9.81. The second kappa shape index (κ2) is 3.48. The first kappa shape index (κ1) is 10.9. The fourth-order valence-electron chi connectivity index (χ4n) is 2.67. The summed E-state index contributed by atoms with van der Waals surface area (Å²) in [6.45, 7) is 4.53. The Balaban J connectivity index is 1.85. The molecule has 86 valence electrons. The van der Waals surface area contributed by atoms with Crippen molar-refractivity contribution in [2.45, 2.75) is 64.0 Å². The summed E-state index contributed by atoms with van der Waals surface area (Å²) in [4.78, 5) is 11.9. The van der Waals surface area contributed by atoms with Crippen molar-refractivity contribution < 1.29 is 4.79 Å². The van der Waals surface area contributed by atoms with Crippen LogP contribution in [0.2, 0.25) is 0 Å². The monoisotopic (exact) mass is 210 g/mol. The molecule has 3 nitrogen and oxygen atoms in total. The fraction of sp³-hybridized carbons (Fsp3) is 0.917. The third-order valence-corrected chi connectivity index (χ3v) is 4.00. The third-order valence-electron chi connectivity index (χ3n) is 4.00. The van der Waals surface area contributed by atoms with Gasteiger partial charge in [0.15, 0.2) is 0 Å². The van der Waals surface area contributed by atoms with E-state index in [2.05, 4.69) is 19.2 Å². The van der Waals surface area contributed by atoms with E-state index >= 15 is 0 Å². The molecule has 0 aliphatic heterocycles. The van der Waals surface area contributed by atoms with Crippen LogP contribution in [0.3, 0.4) is 0 Å². The van der Waals surface area contributed by atoms with Crippen molar-refractivity contribution >= 4 is 5.91 Å². The van der Waals surface area contributed by atoms with Gasteiger partial charge in [-0.15, -0.1) is 0 Å². The number of carbonyl (C=O) groups is 1. The van der Waals surface area contributed by atoms with Gasteiger partial charge in [0.05, 0.1) is 5.54 Å². The lowest BCUT2D eigenvalue weighted by Gasteiger charge is -2.37. The molecule has 1 unspecified atom stereocenters. The second-order valence-corrected chi connectivity index (χ2v) is 6.09. The van der Waals surface area contributed by atoms with Gasteiger partial charge in [0.25, 0.3) is 0 Å². The Labute approximate surface area is 91.8 Å². The van der Waals surface area contributed by atoms with Gasteiger partial charge in [-0.2, -0.15) is 0 Å². The molecule has 2 saturated carbocycles. The van der Waals surface area contributed by atoms with E-state index in [0.717, 1.165) is 32.1 Å². The van der Waals surface area contributed by atoms with Crippen molar-refractivity contribution in [2.75, 3.05) is 0 Å². The average molecular weight is 210 g/mol. The Bertz CT molecular complexity index is 269. The number of hydrogen-bond acceptors (Lipinski definition) is 2. The molecule has 1 amide bonds. The molecule has 2 fully saturated rings. The lowest BCUT2D eigenvalue weighted by atomic mass is 9.77. The van der Waals surface area contributed by atoms with Crippen LogP contribution in [0, 0.1) is 5.41 Å². The Morgan fingerprint density at radius 1 is 1.33 bits per heavy atom. The molecule has 0 aromatic carbocycles. The van der Waals surface area contributed by atoms with Crippen molar-refractivity contribution in [3.8, 4) is 0 Å². The van der Waals surface area contributed by atoms with Crippen molar-refractivity contribution in [3.63, 3.8) is 0 Å². The van der Waals surface area contributed by atoms with Gasteiger partial charge in [0.2, 0.25) is 5.91 Å². The highest BCUT2D eigenvalue weighted by molar-refractivity contribution is 5.87. The van der Waals surface area contributed by atoms with Gasteiger partial charge in [-0.3, -0.25) is 4.79 Å². The molecule has 0 spiro atoms. The van der Waals surface area contributed by atoms with E-state index in [1.165, 1.54) is 6.42 Å². The molecule has 0 heterocycles. The van der Waals surface area contributed by atoms with Crippen LogP contribution >= 0.6 is 0 Å². The van der Waals surface area contributed by atoms with E-state index in [1.807, 2.05) is 0 Å². The second-order valence-electron chi connectivity index (χ2n) is 6.09. The topological polar surface area (TPSA) is 55.1 Å². The number of carbonyl (C=O) groups excluding carboxylic acids is 1. The first-order valence-electron chi connectivity index (χ1n) is 6.01. The van der Waals surface area contributed by atoms with E-state index in [0.29, 0.717) is 11.5 Å². The van der Waals surface area contributed by atoms with Crippen LogP contribution in [0.15, 0.2) is 0 Å². The minimum atomic E-state index is -0.535. The predicted octanol–water partition coefficient (Wildman–Crippen LogP) is 1.56. The largest absolute Gasteiger partial charge is 0.352 e. The van der Waals surface area contributed by atoms with Crippen molar-refractivity contribution in [1.82, 2.24) is 5.32 Å². The number of rotatable bonds is 2. The predicted molar refractivity (Wildman–Crippen MR) is 60.3 cm³/mol. The van der Waals surface area contributed by atoms with Crippen LogP contribution in [0.1, 0.15) is 52.4 Å². The Morgan fingerprint density at radius 3 is 2.40 bits per heavy atom. The molecule has 0 saturated heterocycles. The highest BCUT2D eigenvalue weighted by Gasteiger charge is 2.42. The summed E-state index contributed by atoms with van der Waals surface area (Å²) in [6, 6.07) is 0.355. The lowest BCUT2D eigenvalue weighted by molar-refractivity contribution is -0.130. The first-order chi connectivity index (χ1) is 6.91. The van der Waals surface area contributed by atoms with Gasteiger partial charge >= 0.3 is 0 Å². The summed E-state index contributed by atoms with van der Waals surface area (Å²) in [6.07, 6.45) is 6.21. The minimum absolute atomic E-state index is 0.0800. The Morgan fingerprint density at radius 2 is 2.00 bits per heavy atom. The molecule has 3 heteroatoms. The van der Waals surface area contributed by atoms with Crippen molar-refractivity contribution in [3.05, 3.63) is 0 Å². The smallest absolute Gasteiger partial charge is 0.240 e. The van der Waals surface area contributed by atoms with E-state index in [4.69, 9.17) is 5.73 Å². The molecule has 0 aromatic rings. The summed E-state index contributed by atoms with van der Waals surface area (Å²) in [5.74, 6) is 0.0800. The molecule has 3 N–H and O–H groups in total. The summed E-state index contributed by atoms with van der Waals surface area (Å²) < 4.78 is 0. The van der Waals surface area contributed by atoms with Crippen molar-refractivity contribution in [1.29, 1.82) is 0 Å². The van der Waals surface area contributed by atoms with Crippen LogP contribution in [0.5, 0.6) is 0 Å². The quantitative estimate of drug-likeness (QED) is 0.726. The number of hydrogen-bond donors (Lipinski definition) is 2. The normalized spacial score (nSPS) is 32.1. The number of nitrogens with one attached hydrogen (secondary N) is 1. The van der Waals surface area contributed by atoms with Crippen LogP contribution in [-0.4, -0.2) is 17.5 Å². The number of amides is 1. The standard InChI is InChI=1S/C12H22N2O/c1-11(2)7-4-9(8-11)14-10(15)12(13)5-3-6-12/h9H,3-8,13H2,1-2H3,(H,14,15). The van der Waals surface area contributed by atoms with Gasteiger partial charge in [0.1, 0.15) is 0 Å². The molecule has 0 aromatic heterocycles. The molecule has 1 atom stereocenters. The van der Waals surface area contributed by atoms with Crippen LogP contribution in [-0.2, 0) is 4.79 Å². The zero-order chi connectivity index (χ0) is 11.1. The summed E-state index contributed by atoms with van der Waals surface area (Å²) in [5.41, 5.74) is 5.83. The lowest BCUT2D eigenvalue weighted by Crippen LogP contribution is -2.59. The van der Waals surface area contributed by atoms with E-state index in [-0.39, 0.29) is 5.91 Å². The zero-order valence-corrected chi connectivity index (χ0v) is 9.81. The van der Waals surface area contributed by atoms with Crippen LogP contribution < -0.4 is 11.1 Å². The first-order valence-corrected chi connectivity index (χ1v) is 6.01. The van der Waals surface area contributed by atoms with Gasteiger partial charge in [-0.1, -0.05) is 13.8 Å². The highest BCUT2D eigenvalue weighted by Crippen LogP contribution is 2.37. The maximum absolute atomic E-state index is 11.9. The molecule has 15 heavy (non-hydrogen) atoms. The molecule has 0 bridgehead atoms. The van der Waals surface area contributed by atoms with Gasteiger partial charge in [0, 0.05) is 6.04 Å². The van der Waals surface area contributed by atoms with Crippen LogP contribution in [0.25, 0.3) is 0 Å². The molecular formula is C12H22N2O. The molecule has 2 rings (SSSR count). The summed E-state index contributed by atoms with van der Waals surface area (Å²) in [7, 11) is 0. The Hall–Kier alpha value is -0.570. The Kier molecular flexibility index (Phi) is 2.53.